The molecule has 0 saturated heterocycles. The smallest absolute Gasteiger partial charge is 0.338 e. The van der Waals surface area contributed by atoms with Crippen LogP contribution in [0.5, 0.6) is 0 Å². The number of hydrogen-bond donors (Lipinski definition) is 2. The topological polar surface area (TPSA) is 93.7 Å². The predicted molar refractivity (Wildman–Crippen MR) is 102 cm³/mol. The van der Waals surface area contributed by atoms with Gasteiger partial charge in [0.15, 0.2) is 0 Å². The lowest BCUT2D eigenvalue weighted by atomic mass is 10.2. The molecule has 0 spiro atoms. The number of methoxy groups -OCH3 is 1. The Bertz CT molecular complexity index is 785. The SMILES string of the molecule is CCOC(=O)c1ccc(NC(=O)CCNc2ccc(C(=O)OC)cc2)cc1. The molecule has 7 nitrogen and oxygen atoms in total. The van der Waals surface area contributed by atoms with Gasteiger partial charge in [-0.2, -0.15) is 0 Å². The van der Waals surface area contributed by atoms with Crippen LogP contribution in [0.25, 0.3) is 0 Å². The maximum absolute atomic E-state index is 12.0. The lowest BCUT2D eigenvalue weighted by Crippen LogP contribution is -2.16. The molecule has 0 heterocycles. The van der Waals surface area contributed by atoms with Crippen molar-refractivity contribution in [2.45, 2.75) is 13.3 Å². The number of ether oxygens (including phenoxy) is 2. The van der Waals surface area contributed by atoms with E-state index in [9.17, 15) is 14.4 Å². The zero-order valence-corrected chi connectivity index (χ0v) is 15.3. The number of hydrogen-bond acceptors (Lipinski definition) is 6. The van der Waals surface area contributed by atoms with Crippen LogP contribution in [-0.4, -0.2) is 38.1 Å². The molecular formula is C20H22N2O5. The van der Waals surface area contributed by atoms with E-state index in [2.05, 4.69) is 15.4 Å². The van der Waals surface area contributed by atoms with E-state index in [1.54, 1.807) is 55.5 Å². The standard InChI is InChI=1S/C20H22N2O5/c1-3-27-20(25)15-6-10-17(11-7-15)22-18(23)12-13-21-16-8-4-14(5-9-16)19(24)26-2/h4-11,21H,3,12-13H2,1-2H3,(H,22,23). The van der Waals surface area contributed by atoms with E-state index >= 15 is 0 Å². The Morgan fingerprint density at radius 2 is 1.41 bits per heavy atom. The second-order valence-corrected chi connectivity index (χ2v) is 5.59. The van der Waals surface area contributed by atoms with Crippen molar-refractivity contribution in [3.05, 3.63) is 59.7 Å². The van der Waals surface area contributed by atoms with Crippen molar-refractivity contribution in [3.8, 4) is 0 Å². The van der Waals surface area contributed by atoms with Gasteiger partial charge in [0.1, 0.15) is 0 Å². The predicted octanol–water partition coefficient (Wildman–Crippen LogP) is 3.09. The monoisotopic (exact) mass is 370 g/mol. The lowest BCUT2D eigenvalue weighted by Gasteiger charge is -2.09. The molecule has 0 saturated carbocycles. The Morgan fingerprint density at radius 1 is 0.852 bits per heavy atom. The fourth-order valence-electron chi connectivity index (χ4n) is 2.29. The average Bonchev–Trinajstić information content (AvgIpc) is 2.68. The summed E-state index contributed by atoms with van der Waals surface area (Å²) in [6, 6.07) is 13.3. The van der Waals surface area contributed by atoms with Gasteiger partial charge in [-0.3, -0.25) is 4.79 Å². The fraction of sp³-hybridized carbons (Fsp3) is 0.250. The average molecular weight is 370 g/mol. The molecule has 0 aliphatic heterocycles. The summed E-state index contributed by atoms with van der Waals surface area (Å²) in [5.41, 5.74) is 2.31. The van der Waals surface area contributed by atoms with Crippen molar-refractivity contribution in [1.29, 1.82) is 0 Å². The largest absolute Gasteiger partial charge is 0.465 e. The molecular weight excluding hydrogens is 348 g/mol. The first-order valence-electron chi connectivity index (χ1n) is 8.52. The van der Waals surface area contributed by atoms with Crippen molar-refractivity contribution >= 4 is 29.2 Å². The van der Waals surface area contributed by atoms with Gasteiger partial charge in [-0.1, -0.05) is 0 Å². The number of benzene rings is 2. The summed E-state index contributed by atoms with van der Waals surface area (Å²) in [4.78, 5) is 35.0. The summed E-state index contributed by atoms with van der Waals surface area (Å²) in [7, 11) is 1.33. The van der Waals surface area contributed by atoms with Gasteiger partial charge in [-0.25, -0.2) is 9.59 Å². The highest BCUT2D eigenvalue weighted by Gasteiger charge is 2.08. The fourth-order valence-corrected chi connectivity index (χ4v) is 2.29. The van der Waals surface area contributed by atoms with Crippen LogP contribution in [0.1, 0.15) is 34.1 Å². The van der Waals surface area contributed by atoms with Gasteiger partial charge >= 0.3 is 11.9 Å². The minimum absolute atomic E-state index is 0.155. The van der Waals surface area contributed by atoms with Crippen molar-refractivity contribution < 1.29 is 23.9 Å². The Hall–Kier alpha value is -3.35. The first kappa shape index (κ1) is 20.0. The van der Waals surface area contributed by atoms with Gasteiger partial charge in [-0.15, -0.1) is 0 Å². The Balaban J connectivity index is 1.77. The Kier molecular flexibility index (Phi) is 7.37. The van der Waals surface area contributed by atoms with Gasteiger partial charge in [0, 0.05) is 24.3 Å². The number of carbonyl (C=O) groups is 3. The number of esters is 2. The van der Waals surface area contributed by atoms with Crippen LogP contribution < -0.4 is 10.6 Å². The van der Waals surface area contributed by atoms with Gasteiger partial charge in [0.25, 0.3) is 0 Å². The summed E-state index contributed by atoms with van der Waals surface area (Å²) in [5.74, 6) is -0.940. The number of carbonyl (C=O) groups excluding carboxylic acids is 3. The minimum atomic E-state index is -0.394. The molecule has 0 atom stereocenters. The third-order valence-electron chi connectivity index (χ3n) is 3.67. The lowest BCUT2D eigenvalue weighted by molar-refractivity contribution is -0.115. The Labute approximate surface area is 157 Å². The number of anilines is 2. The summed E-state index contributed by atoms with van der Waals surface area (Å²) in [5, 5.41) is 5.88. The van der Waals surface area contributed by atoms with E-state index in [0.717, 1.165) is 5.69 Å². The molecule has 2 N–H and O–H groups in total. The molecule has 7 heteroatoms. The molecule has 142 valence electrons. The van der Waals surface area contributed by atoms with Crippen LogP contribution in [0.15, 0.2) is 48.5 Å². The van der Waals surface area contributed by atoms with E-state index in [4.69, 9.17) is 4.74 Å². The molecule has 2 aromatic rings. The highest BCUT2D eigenvalue weighted by Crippen LogP contribution is 2.12. The molecule has 1 amide bonds. The molecule has 0 bridgehead atoms. The Morgan fingerprint density at radius 3 is 1.96 bits per heavy atom. The zero-order chi connectivity index (χ0) is 19.6. The molecule has 2 aromatic carbocycles. The van der Waals surface area contributed by atoms with Gasteiger partial charge < -0.3 is 20.1 Å². The second kappa shape index (κ2) is 9.96. The third kappa shape index (κ3) is 6.14. The molecule has 0 aliphatic carbocycles. The van der Waals surface area contributed by atoms with Crippen molar-refractivity contribution in [3.63, 3.8) is 0 Å². The second-order valence-electron chi connectivity index (χ2n) is 5.59. The van der Waals surface area contributed by atoms with Gasteiger partial charge in [0.2, 0.25) is 5.91 Å². The van der Waals surface area contributed by atoms with Crippen molar-refractivity contribution in [2.24, 2.45) is 0 Å². The number of amides is 1. The normalized spacial score (nSPS) is 10.0. The van der Waals surface area contributed by atoms with E-state index in [1.807, 2.05) is 0 Å². The molecule has 0 fully saturated rings. The van der Waals surface area contributed by atoms with Crippen LogP contribution in [0.3, 0.4) is 0 Å². The third-order valence-corrected chi connectivity index (χ3v) is 3.67. The zero-order valence-electron chi connectivity index (χ0n) is 15.3. The van der Waals surface area contributed by atoms with Crippen LogP contribution >= 0.6 is 0 Å². The molecule has 2 rings (SSSR count). The van der Waals surface area contributed by atoms with Crippen molar-refractivity contribution in [1.82, 2.24) is 0 Å². The van der Waals surface area contributed by atoms with E-state index < -0.39 is 11.9 Å². The number of nitrogens with one attached hydrogen (secondary N) is 2. The number of rotatable bonds is 8. The van der Waals surface area contributed by atoms with E-state index in [1.165, 1.54) is 7.11 Å². The summed E-state index contributed by atoms with van der Waals surface area (Å²) < 4.78 is 9.55. The van der Waals surface area contributed by atoms with Crippen LogP contribution in [-0.2, 0) is 14.3 Å². The van der Waals surface area contributed by atoms with E-state index in [-0.39, 0.29) is 12.3 Å². The first-order valence-corrected chi connectivity index (χ1v) is 8.52. The van der Waals surface area contributed by atoms with Crippen LogP contribution in [0.2, 0.25) is 0 Å². The summed E-state index contributed by atoms with van der Waals surface area (Å²) in [6.07, 6.45) is 0.262. The van der Waals surface area contributed by atoms with Gasteiger partial charge in [-0.05, 0) is 55.5 Å². The van der Waals surface area contributed by atoms with E-state index in [0.29, 0.717) is 30.0 Å². The molecule has 0 aliphatic rings. The minimum Gasteiger partial charge on any atom is -0.465 e. The first-order chi connectivity index (χ1) is 13.0. The molecule has 0 aromatic heterocycles. The highest BCUT2D eigenvalue weighted by molar-refractivity contribution is 5.93. The highest BCUT2D eigenvalue weighted by atomic mass is 16.5. The summed E-state index contributed by atoms with van der Waals surface area (Å²) in [6.45, 7) is 2.49. The quantitative estimate of drug-likeness (QED) is 0.694. The van der Waals surface area contributed by atoms with Crippen LogP contribution in [0, 0.1) is 0 Å². The van der Waals surface area contributed by atoms with Crippen LogP contribution in [0.4, 0.5) is 11.4 Å². The summed E-state index contributed by atoms with van der Waals surface area (Å²) >= 11 is 0. The molecule has 0 radical (unpaired) electrons. The maximum atomic E-state index is 12.0. The van der Waals surface area contributed by atoms with Gasteiger partial charge in [0.05, 0.1) is 24.8 Å². The molecule has 0 unspecified atom stereocenters. The molecule has 27 heavy (non-hydrogen) atoms. The maximum Gasteiger partial charge on any atom is 0.338 e. The van der Waals surface area contributed by atoms with Crippen molar-refractivity contribution in [2.75, 3.05) is 30.9 Å².